The third-order valence-corrected chi connectivity index (χ3v) is 5.70. The van der Waals surface area contributed by atoms with Crippen molar-refractivity contribution in [1.82, 2.24) is 14.4 Å². The fourth-order valence-electron chi connectivity index (χ4n) is 3.25. The molecule has 1 aromatic carbocycles. The summed E-state index contributed by atoms with van der Waals surface area (Å²) in [6, 6.07) is 12.3. The van der Waals surface area contributed by atoms with E-state index in [9.17, 15) is 9.65 Å². The summed E-state index contributed by atoms with van der Waals surface area (Å²) in [5.41, 5.74) is 4.27. The highest BCUT2D eigenvalue weighted by molar-refractivity contribution is 7.16. The van der Waals surface area contributed by atoms with Crippen molar-refractivity contribution in [3.8, 4) is 17.3 Å². The molecule has 4 aromatic rings. The number of hydrogen-bond acceptors (Lipinski definition) is 5. The molecule has 140 valence electrons. The van der Waals surface area contributed by atoms with Gasteiger partial charge in [-0.05, 0) is 49.2 Å². The minimum Gasteiger partial charge on any atom is -0.305 e. The van der Waals surface area contributed by atoms with Gasteiger partial charge in [-0.3, -0.25) is 4.40 Å². The molecule has 0 saturated carbocycles. The largest absolute Gasteiger partial charge is 0.305 e. The van der Waals surface area contributed by atoms with E-state index in [1.165, 1.54) is 23.5 Å². The van der Waals surface area contributed by atoms with Crippen molar-refractivity contribution in [3.63, 3.8) is 0 Å². The van der Waals surface area contributed by atoms with Crippen molar-refractivity contribution >= 4 is 27.9 Å². The number of halogens is 1. The molecule has 0 radical (unpaired) electrons. The minimum absolute atomic E-state index is 0.316. The number of aromatic nitrogens is 3. The Labute approximate surface area is 166 Å². The van der Waals surface area contributed by atoms with Crippen LogP contribution in [-0.2, 0) is 6.42 Å². The number of benzene rings is 1. The molecule has 4 rings (SSSR count). The van der Waals surface area contributed by atoms with Crippen LogP contribution in [0.25, 0.3) is 16.9 Å². The Bertz CT molecular complexity index is 1200. The van der Waals surface area contributed by atoms with Crippen LogP contribution in [0.1, 0.15) is 23.1 Å². The molecule has 7 heteroatoms. The number of anilines is 2. The lowest BCUT2D eigenvalue weighted by Crippen LogP contribution is -2.13. The SMILES string of the molecule is CCc1nc2c(C)cccn2c1N(C)c1nc(-c2ccc(F)cc2)c(C#N)s1. The number of nitrogens with zero attached hydrogens (tertiary/aromatic N) is 5. The maximum Gasteiger partial charge on any atom is 0.192 e. The van der Waals surface area contributed by atoms with E-state index in [2.05, 4.69) is 17.4 Å². The zero-order valence-electron chi connectivity index (χ0n) is 15.8. The molecule has 0 N–H and O–H groups in total. The van der Waals surface area contributed by atoms with Crippen LogP contribution in [0.5, 0.6) is 0 Å². The van der Waals surface area contributed by atoms with E-state index in [1.807, 2.05) is 37.2 Å². The number of hydrogen-bond donors (Lipinski definition) is 0. The highest BCUT2D eigenvalue weighted by Gasteiger charge is 2.22. The van der Waals surface area contributed by atoms with E-state index in [4.69, 9.17) is 9.97 Å². The third kappa shape index (κ3) is 2.92. The zero-order valence-corrected chi connectivity index (χ0v) is 16.6. The van der Waals surface area contributed by atoms with Crippen LogP contribution < -0.4 is 4.90 Å². The molecule has 0 aliphatic heterocycles. The second-order valence-corrected chi connectivity index (χ2v) is 7.45. The summed E-state index contributed by atoms with van der Waals surface area (Å²) in [6.45, 7) is 4.11. The van der Waals surface area contributed by atoms with Gasteiger partial charge in [-0.15, -0.1) is 0 Å². The minimum atomic E-state index is -0.316. The van der Waals surface area contributed by atoms with Crippen molar-refractivity contribution in [1.29, 1.82) is 5.26 Å². The molecule has 0 amide bonds. The number of imidazole rings is 1. The lowest BCUT2D eigenvalue weighted by molar-refractivity contribution is 0.628. The fourth-order valence-corrected chi connectivity index (χ4v) is 4.10. The van der Waals surface area contributed by atoms with E-state index in [-0.39, 0.29) is 5.82 Å². The van der Waals surface area contributed by atoms with E-state index in [0.717, 1.165) is 34.7 Å². The molecule has 0 aliphatic rings. The highest BCUT2D eigenvalue weighted by atomic mass is 32.1. The smallest absolute Gasteiger partial charge is 0.192 e. The summed E-state index contributed by atoms with van der Waals surface area (Å²) in [7, 11) is 1.93. The van der Waals surface area contributed by atoms with Crippen molar-refractivity contribution in [2.24, 2.45) is 0 Å². The van der Waals surface area contributed by atoms with E-state index < -0.39 is 0 Å². The van der Waals surface area contributed by atoms with Gasteiger partial charge in [0.25, 0.3) is 0 Å². The summed E-state index contributed by atoms with van der Waals surface area (Å²) in [4.78, 5) is 12.0. The molecule has 0 saturated heterocycles. The zero-order chi connectivity index (χ0) is 19.8. The van der Waals surface area contributed by atoms with Gasteiger partial charge in [0.15, 0.2) is 5.13 Å². The Kier molecular flexibility index (Phi) is 4.57. The third-order valence-electron chi connectivity index (χ3n) is 4.66. The van der Waals surface area contributed by atoms with Crippen LogP contribution in [0.15, 0.2) is 42.6 Å². The topological polar surface area (TPSA) is 57.2 Å². The number of nitriles is 1. The van der Waals surface area contributed by atoms with Gasteiger partial charge in [0.1, 0.15) is 33.9 Å². The Hall–Kier alpha value is -3.24. The molecule has 0 unspecified atom stereocenters. The van der Waals surface area contributed by atoms with Crippen LogP contribution in [0.2, 0.25) is 0 Å². The first-order valence-electron chi connectivity index (χ1n) is 8.90. The van der Waals surface area contributed by atoms with Gasteiger partial charge in [0.2, 0.25) is 0 Å². The molecule has 3 heterocycles. The Morgan fingerprint density at radius 1 is 1.21 bits per heavy atom. The molecular formula is C21H18FN5S. The summed E-state index contributed by atoms with van der Waals surface area (Å²) in [5.74, 6) is 0.619. The van der Waals surface area contributed by atoms with Gasteiger partial charge in [0, 0.05) is 18.8 Å². The first-order chi connectivity index (χ1) is 13.5. The molecule has 0 aliphatic carbocycles. The predicted octanol–water partition coefficient (Wildman–Crippen LogP) is 5.11. The van der Waals surface area contributed by atoms with Crippen molar-refractivity contribution in [2.45, 2.75) is 20.3 Å². The van der Waals surface area contributed by atoms with Gasteiger partial charge in [-0.2, -0.15) is 5.26 Å². The molecule has 28 heavy (non-hydrogen) atoms. The maximum absolute atomic E-state index is 13.3. The molecule has 0 atom stereocenters. The standard InChI is InChI=1S/C21H18FN5S/c1-4-16-20(27-11-5-6-13(2)19(27)24-16)26(3)21-25-18(17(12-23)28-21)14-7-9-15(22)10-8-14/h5-11H,4H2,1-3H3. The lowest BCUT2D eigenvalue weighted by Gasteiger charge is -2.17. The fraction of sp³-hybridized carbons (Fsp3) is 0.190. The second kappa shape index (κ2) is 7.06. The van der Waals surface area contributed by atoms with Gasteiger partial charge >= 0.3 is 0 Å². The molecule has 0 fully saturated rings. The first kappa shape index (κ1) is 18.1. The quantitative estimate of drug-likeness (QED) is 0.485. The Morgan fingerprint density at radius 3 is 2.64 bits per heavy atom. The summed E-state index contributed by atoms with van der Waals surface area (Å²) < 4.78 is 15.3. The van der Waals surface area contributed by atoms with Gasteiger partial charge in [-0.1, -0.05) is 24.3 Å². The molecular weight excluding hydrogens is 373 g/mol. The van der Waals surface area contributed by atoms with Gasteiger partial charge in [0.05, 0.1) is 5.69 Å². The predicted molar refractivity (Wildman–Crippen MR) is 110 cm³/mol. The first-order valence-corrected chi connectivity index (χ1v) is 9.72. The monoisotopic (exact) mass is 391 g/mol. The van der Waals surface area contributed by atoms with E-state index in [1.54, 1.807) is 12.1 Å². The molecule has 0 spiro atoms. The van der Waals surface area contributed by atoms with Crippen LogP contribution in [-0.4, -0.2) is 21.4 Å². The average molecular weight is 391 g/mol. The molecule has 3 aromatic heterocycles. The summed E-state index contributed by atoms with van der Waals surface area (Å²) in [6.07, 6.45) is 2.77. The average Bonchev–Trinajstić information content (AvgIpc) is 3.30. The Morgan fingerprint density at radius 2 is 1.96 bits per heavy atom. The van der Waals surface area contributed by atoms with Crippen molar-refractivity contribution in [3.05, 3.63) is 64.5 Å². The van der Waals surface area contributed by atoms with E-state index in [0.29, 0.717) is 15.7 Å². The van der Waals surface area contributed by atoms with Crippen LogP contribution >= 0.6 is 11.3 Å². The number of pyridine rings is 1. The van der Waals surface area contributed by atoms with Crippen LogP contribution in [0, 0.1) is 24.1 Å². The van der Waals surface area contributed by atoms with Gasteiger partial charge < -0.3 is 4.90 Å². The van der Waals surface area contributed by atoms with Crippen molar-refractivity contribution < 1.29 is 4.39 Å². The number of aryl methyl sites for hydroxylation is 2. The molecule has 0 bridgehead atoms. The normalized spacial score (nSPS) is 11.0. The van der Waals surface area contributed by atoms with Crippen LogP contribution in [0.4, 0.5) is 15.3 Å². The summed E-state index contributed by atoms with van der Waals surface area (Å²) in [5, 5.41) is 10.3. The van der Waals surface area contributed by atoms with Gasteiger partial charge in [-0.25, -0.2) is 14.4 Å². The number of fused-ring (bicyclic) bond motifs is 1. The number of rotatable bonds is 4. The number of thiazole rings is 1. The molecule has 5 nitrogen and oxygen atoms in total. The second-order valence-electron chi connectivity index (χ2n) is 6.47. The Balaban J connectivity index is 1.85. The maximum atomic E-state index is 13.3. The highest BCUT2D eigenvalue weighted by Crippen LogP contribution is 2.36. The summed E-state index contributed by atoms with van der Waals surface area (Å²) >= 11 is 1.32. The van der Waals surface area contributed by atoms with Crippen LogP contribution in [0.3, 0.4) is 0 Å². The van der Waals surface area contributed by atoms with E-state index >= 15 is 0 Å². The van der Waals surface area contributed by atoms with Crippen molar-refractivity contribution in [2.75, 3.05) is 11.9 Å². The lowest BCUT2D eigenvalue weighted by atomic mass is 10.1.